The van der Waals surface area contributed by atoms with Gasteiger partial charge in [0.15, 0.2) is 0 Å². The number of carbonyl (C=O) groups excluding carboxylic acids is 1. The number of hydrogen-bond acceptors (Lipinski definition) is 3. The van der Waals surface area contributed by atoms with Crippen LogP contribution in [-0.4, -0.2) is 16.0 Å². The van der Waals surface area contributed by atoms with E-state index in [0.29, 0.717) is 17.4 Å². The number of hydrogen-bond donors (Lipinski definition) is 2. The summed E-state index contributed by atoms with van der Waals surface area (Å²) in [5.74, 6) is -0.648. The number of alkyl halides is 3. The molecule has 0 radical (unpaired) electrons. The Morgan fingerprint density at radius 2 is 1.95 bits per heavy atom. The number of amides is 1. The summed E-state index contributed by atoms with van der Waals surface area (Å²) in [6.45, 7) is 1.60. The van der Waals surface area contributed by atoms with Crippen molar-refractivity contribution in [2.24, 2.45) is 0 Å². The largest absolute Gasteiger partial charge is 0.508 e. The Bertz CT molecular complexity index is 667. The van der Waals surface area contributed by atoms with Crippen LogP contribution in [0.5, 0.6) is 5.75 Å². The molecule has 0 saturated heterocycles. The van der Waals surface area contributed by atoms with Crippen LogP contribution < -0.4 is 5.32 Å². The number of phenols is 1. The zero-order valence-electron chi connectivity index (χ0n) is 10.9. The molecule has 1 aromatic heterocycles. The zero-order valence-corrected chi connectivity index (χ0v) is 10.9. The normalized spacial score (nSPS) is 11.2. The predicted octanol–water partition coefficient (Wildman–Crippen LogP) is 3.37. The first kappa shape index (κ1) is 14.8. The molecule has 0 aliphatic rings. The Morgan fingerprint density at radius 1 is 1.24 bits per heavy atom. The molecular weight excluding hydrogens is 285 g/mol. The molecule has 1 heterocycles. The monoisotopic (exact) mass is 296 g/mol. The highest BCUT2D eigenvalue weighted by Gasteiger charge is 2.30. The van der Waals surface area contributed by atoms with E-state index in [4.69, 9.17) is 0 Å². The van der Waals surface area contributed by atoms with Crippen molar-refractivity contribution in [3.8, 4) is 5.75 Å². The molecule has 0 unspecified atom stereocenters. The van der Waals surface area contributed by atoms with Gasteiger partial charge in [-0.15, -0.1) is 0 Å². The summed E-state index contributed by atoms with van der Waals surface area (Å²) in [6.07, 6.45) is -3.89. The van der Waals surface area contributed by atoms with Crippen molar-refractivity contribution in [1.82, 2.24) is 4.98 Å². The lowest BCUT2D eigenvalue weighted by Gasteiger charge is -2.10. The highest BCUT2D eigenvalue weighted by atomic mass is 19.4. The van der Waals surface area contributed by atoms with Gasteiger partial charge in [-0.3, -0.25) is 9.78 Å². The number of phenolic OH excluding ortho intramolecular Hbond substituents is 1. The summed E-state index contributed by atoms with van der Waals surface area (Å²) >= 11 is 0. The van der Waals surface area contributed by atoms with Crippen LogP contribution in [0.3, 0.4) is 0 Å². The molecule has 7 heteroatoms. The van der Waals surface area contributed by atoms with Crippen LogP contribution in [0.25, 0.3) is 0 Å². The van der Waals surface area contributed by atoms with Gasteiger partial charge in [0.05, 0.1) is 5.56 Å². The Morgan fingerprint density at radius 3 is 2.52 bits per heavy atom. The minimum Gasteiger partial charge on any atom is -0.508 e. The fourth-order valence-corrected chi connectivity index (χ4v) is 1.64. The van der Waals surface area contributed by atoms with Gasteiger partial charge in [-0.25, -0.2) is 0 Å². The van der Waals surface area contributed by atoms with Crippen molar-refractivity contribution in [3.63, 3.8) is 0 Å². The van der Waals surface area contributed by atoms with Gasteiger partial charge < -0.3 is 10.4 Å². The topological polar surface area (TPSA) is 62.2 Å². The Balaban J connectivity index is 2.19. The minimum absolute atomic E-state index is 0.00757. The summed E-state index contributed by atoms with van der Waals surface area (Å²) in [5, 5.41) is 12.0. The van der Waals surface area contributed by atoms with E-state index in [-0.39, 0.29) is 11.4 Å². The number of carbonyl (C=O) groups is 1. The molecule has 2 N–H and O–H groups in total. The number of pyridine rings is 1. The number of rotatable bonds is 2. The number of nitrogens with zero attached hydrogens (tertiary/aromatic N) is 1. The van der Waals surface area contributed by atoms with E-state index in [9.17, 15) is 23.1 Å². The van der Waals surface area contributed by atoms with E-state index in [2.05, 4.69) is 10.3 Å². The third-order valence-corrected chi connectivity index (χ3v) is 2.88. The lowest BCUT2D eigenvalue weighted by molar-refractivity contribution is -0.137. The van der Waals surface area contributed by atoms with Crippen LogP contribution in [0.1, 0.15) is 21.6 Å². The molecule has 1 amide bonds. The van der Waals surface area contributed by atoms with Gasteiger partial charge in [-0.05, 0) is 31.2 Å². The van der Waals surface area contributed by atoms with Crippen molar-refractivity contribution >= 4 is 11.6 Å². The number of halogens is 3. The van der Waals surface area contributed by atoms with Crippen molar-refractivity contribution in [1.29, 1.82) is 0 Å². The maximum Gasteiger partial charge on any atom is 0.417 e. The third kappa shape index (κ3) is 3.31. The van der Waals surface area contributed by atoms with Gasteiger partial charge in [-0.1, -0.05) is 6.07 Å². The summed E-state index contributed by atoms with van der Waals surface area (Å²) in [6, 6.07) is 6.35. The van der Waals surface area contributed by atoms with Gasteiger partial charge in [0.25, 0.3) is 5.91 Å². The van der Waals surface area contributed by atoms with E-state index in [0.717, 1.165) is 12.1 Å². The molecular formula is C14H11F3N2O2. The molecule has 0 fully saturated rings. The standard InChI is InChI=1S/C14H11F3N2O2/c1-8-10(3-2-4-12(8)20)19-13(21)11-6-5-9(7-18-11)14(15,16)17/h2-7,20H,1H3,(H,19,21). The van der Waals surface area contributed by atoms with E-state index < -0.39 is 17.6 Å². The van der Waals surface area contributed by atoms with Crippen LogP contribution >= 0.6 is 0 Å². The van der Waals surface area contributed by atoms with E-state index in [1.165, 1.54) is 12.1 Å². The molecule has 0 bridgehead atoms. The highest BCUT2D eigenvalue weighted by molar-refractivity contribution is 6.03. The lowest BCUT2D eigenvalue weighted by atomic mass is 10.1. The number of aromatic nitrogens is 1. The van der Waals surface area contributed by atoms with E-state index >= 15 is 0 Å². The Kier molecular flexibility index (Phi) is 3.84. The molecule has 1 aromatic carbocycles. The van der Waals surface area contributed by atoms with Crippen LogP contribution in [0, 0.1) is 6.92 Å². The molecule has 110 valence electrons. The average Bonchev–Trinajstić information content (AvgIpc) is 2.43. The first-order valence-corrected chi connectivity index (χ1v) is 5.92. The third-order valence-electron chi connectivity index (χ3n) is 2.88. The second kappa shape index (κ2) is 5.43. The molecule has 2 aromatic rings. The van der Waals surface area contributed by atoms with Crippen LogP contribution in [0.15, 0.2) is 36.5 Å². The Hall–Kier alpha value is -2.57. The Labute approximate surface area is 118 Å². The SMILES string of the molecule is Cc1c(O)cccc1NC(=O)c1ccc(C(F)(F)F)cn1. The molecule has 4 nitrogen and oxygen atoms in total. The lowest BCUT2D eigenvalue weighted by Crippen LogP contribution is -2.15. The first-order valence-electron chi connectivity index (χ1n) is 5.92. The van der Waals surface area contributed by atoms with E-state index in [1.807, 2.05) is 0 Å². The number of nitrogens with one attached hydrogen (secondary N) is 1. The van der Waals surface area contributed by atoms with Crippen molar-refractivity contribution < 1.29 is 23.1 Å². The first-order chi connectivity index (χ1) is 9.79. The molecule has 0 atom stereocenters. The fraction of sp³-hybridized carbons (Fsp3) is 0.143. The zero-order chi connectivity index (χ0) is 15.6. The second-order valence-corrected chi connectivity index (χ2v) is 4.33. The maximum atomic E-state index is 12.4. The molecule has 0 aliphatic carbocycles. The van der Waals surface area contributed by atoms with E-state index in [1.54, 1.807) is 13.0 Å². The van der Waals surface area contributed by atoms with Crippen LogP contribution in [-0.2, 0) is 6.18 Å². The van der Waals surface area contributed by atoms with Crippen molar-refractivity contribution in [3.05, 3.63) is 53.3 Å². The minimum atomic E-state index is -4.50. The van der Waals surface area contributed by atoms with Crippen LogP contribution in [0.2, 0.25) is 0 Å². The van der Waals surface area contributed by atoms with Gasteiger partial charge in [0.1, 0.15) is 11.4 Å². The molecule has 21 heavy (non-hydrogen) atoms. The van der Waals surface area contributed by atoms with Crippen molar-refractivity contribution in [2.45, 2.75) is 13.1 Å². The average molecular weight is 296 g/mol. The van der Waals surface area contributed by atoms with Crippen molar-refractivity contribution in [2.75, 3.05) is 5.32 Å². The summed E-state index contributed by atoms with van der Waals surface area (Å²) in [5.41, 5.74) is -0.252. The maximum absolute atomic E-state index is 12.4. The van der Waals surface area contributed by atoms with Gasteiger partial charge in [0.2, 0.25) is 0 Å². The van der Waals surface area contributed by atoms with Crippen LogP contribution in [0.4, 0.5) is 18.9 Å². The predicted molar refractivity (Wildman–Crippen MR) is 70.0 cm³/mol. The van der Waals surface area contributed by atoms with Gasteiger partial charge >= 0.3 is 6.18 Å². The smallest absolute Gasteiger partial charge is 0.417 e. The van der Waals surface area contributed by atoms with Gasteiger partial charge in [0, 0.05) is 17.4 Å². The number of aromatic hydroxyl groups is 1. The summed E-state index contributed by atoms with van der Waals surface area (Å²) in [4.78, 5) is 15.4. The molecule has 0 saturated carbocycles. The summed E-state index contributed by atoms with van der Waals surface area (Å²) in [7, 11) is 0. The number of benzene rings is 1. The molecule has 2 rings (SSSR count). The second-order valence-electron chi connectivity index (χ2n) is 4.33. The highest BCUT2D eigenvalue weighted by Crippen LogP contribution is 2.28. The van der Waals surface area contributed by atoms with Gasteiger partial charge in [-0.2, -0.15) is 13.2 Å². The number of anilines is 1. The fourth-order valence-electron chi connectivity index (χ4n) is 1.64. The summed E-state index contributed by atoms with van der Waals surface area (Å²) < 4.78 is 37.2. The quantitative estimate of drug-likeness (QED) is 0.893. The molecule has 0 spiro atoms. The molecule has 0 aliphatic heterocycles.